The molecular weight excluding hydrogens is 276 g/mol. The Labute approximate surface area is 132 Å². The van der Waals surface area contributed by atoms with Crippen LogP contribution >= 0.6 is 0 Å². The van der Waals surface area contributed by atoms with Gasteiger partial charge in [0.15, 0.2) is 0 Å². The maximum atomic E-state index is 9.06. The summed E-state index contributed by atoms with van der Waals surface area (Å²) < 4.78 is 6.04. The number of aromatic nitrogens is 1. The Morgan fingerprint density at radius 3 is 2.91 bits per heavy atom. The number of anilines is 1. The van der Waals surface area contributed by atoms with Gasteiger partial charge in [0.05, 0.1) is 17.7 Å². The van der Waals surface area contributed by atoms with Crippen molar-refractivity contribution in [2.75, 3.05) is 44.2 Å². The highest BCUT2D eigenvalue weighted by Gasteiger charge is 2.23. The molecule has 0 bridgehead atoms. The average molecular weight is 300 g/mol. The summed E-state index contributed by atoms with van der Waals surface area (Å²) in [6, 6.07) is 5.82. The highest BCUT2D eigenvalue weighted by molar-refractivity contribution is 5.45. The van der Waals surface area contributed by atoms with Crippen molar-refractivity contribution in [3.8, 4) is 6.07 Å². The molecule has 118 valence electrons. The summed E-state index contributed by atoms with van der Waals surface area (Å²) in [5, 5.41) is 9.06. The van der Waals surface area contributed by atoms with Gasteiger partial charge < -0.3 is 14.5 Å². The summed E-state index contributed by atoms with van der Waals surface area (Å²) in [5.41, 5.74) is 0.669. The molecule has 0 spiro atoms. The van der Waals surface area contributed by atoms with E-state index in [0.29, 0.717) is 5.56 Å². The minimum atomic E-state index is 0.230. The molecule has 0 aromatic carbocycles. The molecule has 5 heteroatoms. The fraction of sp³-hybridized carbons (Fsp3) is 0.647. The molecule has 0 saturated carbocycles. The Balaban J connectivity index is 1.65. The molecule has 2 aliphatic rings. The lowest BCUT2D eigenvalue weighted by Crippen LogP contribution is -2.42. The third-order valence-corrected chi connectivity index (χ3v) is 4.46. The fourth-order valence-electron chi connectivity index (χ4n) is 3.30. The molecule has 22 heavy (non-hydrogen) atoms. The highest BCUT2D eigenvalue weighted by Crippen LogP contribution is 2.18. The van der Waals surface area contributed by atoms with Crippen molar-refractivity contribution in [2.45, 2.75) is 31.8 Å². The zero-order valence-corrected chi connectivity index (χ0v) is 13.1. The van der Waals surface area contributed by atoms with Crippen molar-refractivity contribution in [3.63, 3.8) is 0 Å². The standard InChI is InChI=1S/C17H24N4O/c18-12-15-5-6-19-17(11-15)21-9-4-10-22-16(14-21)13-20-7-2-1-3-8-20/h5-6,11,16H,1-4,7-10,13-14H2/t16-/m1/s1. The number of hydrogen-bond acceptors (Lipinski definition) is 5. The summed E-state index contributed by atoms with van der Waals surface area (Å²) in [6.45, 7) is 6.02. The molecule has 0 N–H and O–H groups in total. The lowest BCUT2D eigenvalue weighted by Gasteiger charge is -2.31. The first kappa shape index (κ1) is 15.3. The van der Waals surface area contributed by atoms with Crippen LogP contribution in [0.15, 0.2) is 18.3 Å². The third kappa shape index (κ3) is 3.96. The molecule has 0 radical (unpaired) electrons. The summed E-state index contributed by atoms with van der Waals surface area (Å²) in [6.07, 6.45) is 6.94. The van der Waals surface area contributed by atoms with E-state index >= 15 is 0 Å². The van der Waals surface area contributed by atoms with E-state index in [1.54, 1.807) is 12.3 Å². The number of piperidine rings is 1. The van der Waals surface area contributed by atoms with Crippen LogP contribution in [0.2, 0.25) is 0 Å². The van der Waals surface area contributed by atoms with Crippen molar-refractivity contribution < 1.29 is 4.74 Å². The zero-order valence-electron chi connectivity index (χ0n) is 13.1. The van der Waals surface area contributed by atoms with Gasteiger partial charge in [-0.05, 0) is 44.5 Å². The lowest BCUT2D eigenvalue weighted by molar-refractivity contribution is 0.0350. The van der Waals surface area contributed by atoms with E-state index in [1.807, 2.05) is 6.07 Å². The van der Waals surface area contributed by atoms with Gasteiger partial charge in [0.2, 0.25) is 0 Å². The van der Waals surface area contributed by atoms with Gasteiger partial charge in [-0.15, -0.1) is 0 Å². The monoisotopic (exact) mass is 300 g/mol. The first-order valence-corrected chi connectivity index (χ1v) is 8.30. The predicted octanol–water partition coefficient (Wildman–Crippen LogP) is 2.03. The summed E-state index contributed by atoms with van der Waals surface area (Å²) in [7, 11) is 0. The van der Waals surface area contributed by atoms with E-state index in [1.165, 1.54) is 32.4 Å². The maximum absolute atomic E-state index is 9.06. The molecule has 3 rings (SSSR count). The van der Waals surface area contributed by atoms with Crippen molar-refractivity contribution >= 4 is 5.82 Å². The van der Waals surface area contributed by atoms with Gasteiger partial charge in [0.25, 0.3) is 0 Å². The molecule has 0 amide bonds. The zero-order chi connectivity index (χ0) is 15.2. The molecule has 3 heterocycles. The van der Waals surface area contributed by atoms with Gasteiger partial charge in [-0.2, -0.15) is 5.26 Å². The van der Waals surface area contributed by atoms with Crippen LogP contribution in [0, 0.1) is 11.3 Å². The first-order valence-electron chi connectivity index (χ1n) is 8.30. The van der Waals surface area contributed by atoms with E-state index in [2.05, 4.69) is 20.9 Å². The van der Waals surface area contributed by atoms with E-state index < -0.39 is 0 Å². The van der Waals surface area contributed by atoms with Crippen molar-refractivity contribution in [1.29, 1.82) is 5.26 Å². The third-order valence-electron chi connectivity index (χ3n) is 4.46. The summed E-state index contributed by atoms with van der Waals surface area (Å²) in [5.74, 6) is 0.896. The van der Waals surface area contributed by atoms with Crippen molar-refractivity contribution in [1.82, 2.24) is 9.88 Å². The molecule has 1 atom stereocenters. The Morgan fingerprint density at radius 2 is 2.09 bits per heavy atom. The van der Waals surface area contributed by atoms with Crippen LogP contribution in [0.25, 0.3) is 0 Å². The van der Waals surface area contributed by atoms with E-state index in [0.717, 1.165) is 38.5 Å². The number of ether oxygens (including phenoxy) is 1. The summed E-state index contributed by atoms with van der Waals surface area (Å²) >= 11 is 0. The second kappa shape index (κ2) is 7.57. The SMILES string of the molecule is N#Cc1ccnc(N2CCCO[C@H](CN3CCCCC3)C2)c1. The number of hydrogen-bond donors (Lipinski definition) is 0. The van der Waals surface area contributed by atoms with Gasteiger partial charge in [0.1, 0.15) is 5.82 Å². The van der Waals surface area contributed by atoms with E-state index in [4.69, 9.17) is 10.00 Å². The highest BCUT2D eigenvalue weighted by atomic mass is 16.5. The number of nitriles is 1. The van der Waals surface area contributed by atoms with Crippen LogP contribution in [0.3, 0.4) is 0 Å². The second-order valence-corrected chi connectivity index (χ2v) is 6.17. The second-order valence-electron chi connectivity index (χ2n) is 6.17. The molecule has 2 fully saturated rings. The molecule has 1 aromatic heterocycles. The number of pyridine rings is 1. The quantitative estimate of drug-likeness (QED) is 0.855. The van der Waals surface area contributed by atoms with Gasteiger partial charge in [-0.25, -0.2) is 4.98 Å². The minimum Gasteiger partial charge on any atom is -0.375 e. The van der Waals surface area contributed by atoms with Crippen LogP contribution in [0.5, 0.6) is 0 Å². The van der Waals surface area contributed by atoms with Crippen LogP contribution in [0.4, 0.5) is 5.82 Å². The van der Waals surface area contributed by atoms with Crippen molar-refractivity contribution in [2.24, 2.45) is 0 Å². The Morgan fingerprint density at radius 1 is 1.23 bits per heavy atom. The molecule has 0 unspecified atom stereocenters. The van der Waals surface area contributed by atoms with E-state index in [-0.39, 0.29) is 6.10 Å². The number of likely N-dealkylation sites (tertiary alicyclic amines) is 1. The largest absolute Gasteiger partial charge is 0.375 e. The fourth-order valence-corrected chi connectivity index (χ4v) is 3.30. The smallest absolute Gasteiger partial charge is 0.129 e. The molecule has 1 aromatic rings. The molecular formula is C17H24N4O. The Kier molecular flexibility index (Phi) is 5.25. The summed E-state index contributed by atoms with van der Waals surface area (Å²) in [4.78, 5) is 9.23. The molecule has 0 aliphatic carbocycles. The number of nitrogens with zero attached hydrogens (tertiary/aromatic N) is 4. The average Bonchev–Trinajstić information content (AvgIpc) is 2.81. The molecule has 2 aliphatic heterocycles. The first-order chi connectivity index (χ1) is 10.8. The maximum Gasteiger partial charge on any atom is 0.129 e. The number of rotatable bonds is 3. The predicted molar refractivity (Wildman–Crippen MR) is 85.8 cm³/mol. The van der Waals surface area contributed by atoms with Gasteiger partial charge >= 0.3 is 0 Å². The van der Waals surface area contributed by atoms with Crippen LogP contribution < -0.4 is 4.90 Å². The van der Waals surface area contributed by atoms with E-state index in [9.17, 15) is 0 Å². The normalized spacial score (nSPS) is 23.8. The molecule has 2 saturated heterocycles. The van der Waals surface area contributed by atoms with Gasteiger partial charge in [0, 0.05) is 32.4 Å². The van der Waals surface area contributed by atoms with Crippen molar-refractivity contribution in [3.05, 3.63) is 23.9 Å². The molecule has 5 nitrogen and oxygen atoms in total. The minimum absolute atomic E-state index is 0.230. The van der Waals surface area contributed by atoms with Gasteiger partial charge in [-0.3, -0.25) is 0 Å². The topological polar surface area (TPSA) is 52.4 Å². The Bertz CT molecular complexity index is 522. The van der Waals surface area contributed by atoms with Crippen LogP contribution in [-0.2, 0) is 4.74 Å². The lowest BCUT2D eigenvalue weighted by atomic mass is 10.1. The Hall–Kier alpha value is -1.64. The van der Waals surface area contributed by atoms with Crippen LogP contribution in [0.1, 0.15) is 31.2 Å². The van der Waals surface area contributed by atoms with Gasteiger partial charge in [-0.1, -0.05) is 6.42 Å². The van der Waals surface area contributed by atoms with Crippen LogP contribution in [-0.4, -0.2) is 55.3 Å².